The summed E-state index contributed by atoms with van der Waals surface area (Å²) in [6.07, 6.45) is 0. The molecule has 2 aliphatic rings. The second-order valence-corrected chi connectivity index (χ2v) is 5.34. The van der Waals surface area contributed by atoms with E-state index in [4.69, 9.17) is 14.2 Å². The number of fused-ring (bicyclic) bond motifs is 5. The lowest BCUT2D eigenvalue weighted by Gasteiger charge is -2.32. The first-order valence-electron chi connectivity index (χ1n) is 6.88. The summed E-state index contributed by atoms with van der Waals surface area (Å²) >= 11 is 0. The van der Waals surface area contributed by atoms with Gasteiger partial charge < -0.3 is 19.3 Å². The Hall–Kier alpha value is -2.37. The van der Waals surface area contributed by atoms with Crippen molar-refractivity contribution in [1.29, 1.82) is 0 Å². The minimum atomic E-state index is -1.96. The molecule has 22 heavy (non-hydrogen) atoms. The van der Waals surface area contributed by atoms with Gasteiger partial charge in [0.05, 0.1) is 12.7 Å². The fraction of sp³-hybridized carbons (Fsp3) is 0.235. The number of Topliss-reactive ketones (excluding diaryl/α,β-unsaturated/α-hetero) is 1. The molecule has 0 saturated carbocycles. The van der Waals surface area contributed by atoms with E-state index in [0.29, 0.717) is 28.2 Å². The quantitative estimate of drug-likeness (QED) is 0.918. The summed E-state index contributed by atoms with van der Waals surface area (Å²) in [5.74, 6) is -1.27. The first kappa shape index (κ1) is 13.3. The largest absolute Gasteiger partial charge is 0.496 e. The van der Waals surface area contributed by atoms with Gasteiger partial charge in [-0.15, -0.1) is 0 Å². The van der Waals surface area contributed by atoms with Crippen LogP contribution in [0.2, 0.25) is 0 Å². The Balaban J connectivity index is 2.09. The van der Waals surface area contributed by atoms with Crippen molar-refractivity contribution in [3.8, 4) is 11.5 Å². The summed E-state index contributed by atoms with van der Waals surface area (Å²) in [6.45, 7) is 0. The van der Waals surface area contributed by atoms with E-state index in [-0.39, 0.29) is 0 Å². The molecule has 5 nitrogen and oxygen atoms in total. The Bertz CT molecular complexity index is 799. The molecule has 4 rings (SSSR count). The number of hydrogen-bond donors (Lipinski definition) is 1. The van der Waals surface area contributed by atoms with E-state index in [1.165, 1.54) is 14.2 Å². The van der Waals surface area contributed by atoms with Gasteiger partial charge in [-0.3, -0.25) is 4.79 Å². The van der Waals surface area contributed by atoms with E-state index in [1.807, 2.05) is 0 Å². The highest BCUT2D eigenvalue weighted by molar-refractivity contribution is 6.10. The number of rotatable bonds is 2. The van der Waals surface area contributed by atoms with Crippen LogP contribution in [0.25, 0.3) is 0 Å². The number of benzene rings is 2. The number of methoxy groups -OCH3 is 2. The van der Waals surface area contributed by atoms with Crippen LogP contribution in [0.15, 0.2) is 42.5 Å². The molecule has 112 valence electrons. The standard InChI is InChI=1S/C17H14O5/c1-20-12-8-5-9-13-14(12)16(19)15(18)10-6-3-4-7-11(10)17(16,21-2)22-13/h3-9,19H,1-2H3/t16-,17-/m1/s1. The van der Waals surface area contributed by atoms with Gasteiger partial charge in [0, 0.05) is 18.2 Å². The summed E-state index contributed by atoms with van der Waals surface area (Å²) in [4.78, 5) is 12.9. The maximum atomic E-state index is 12.9. The lowest BCUT2D eigenvalue weighted by molar-refractivity contribution is -0.242. The van der Waals surface area contributed by atoms with Crippen LogP contribution in [-0.4, -0.2) is 25.1 Å². The highest BCUT2D eigenvalue weighted by Gasteiger charge is 2.72. The van der Waals surface area contributed by atoms with Gasteiger partial charge in [0.25, 0.3) is 5.79 Å². The van der Waals surface area contributed by atoms with Crippen LogP contribution in [-0.2, 0) is 16.1 Å². The number of ketones is 1. The van der Waals surface area contributed by atoms with Crippen molar-refractivity contribution in [2.75, 3.05) is 14.2 Å². The van der Waals surface area contributed by atoms with Gasteiger partial charge in [-0.25, -0.2) is 0 Å². The lowest BCUT2D eigenvalue weighted by atomic mass is 9.86. The molecular formula is C17H14O5. The lowest BCUT2D eigenvalue weighted by Crippen LogP contribution is -2.50. The number of aliphatic hydroxyl groups is 1. The summed E-state index contributed by atoms with van der Waals surface area (Å²) in [5, 5.41) is 11.4. The van der Waals surface area contributed by atoms with Gasteiger partial charge in [0.2, 0.25) is 11.4 Å². The molecule has 0 saturated heterocycles. The average Bonchev–Trinajstić information content (AvgIpc) is 2.93. The summed E-state index contributed by atoms with van der Waals surface area (Å²) in [5.41, 5.74) is -0.750. The Labute approximate surface area is 127 Å². The topological polar surface area (TPSA) is 65.0 Å². The highest BCUT2D eigenvalue weighted by Crippen LogP contribution is 2.61. The zero-order valence-corrected chi connectivity index (χ0v) is 12.1. The van der Waals surface area contributed by atoms with E-state index >= 15 is 0 Å². The molecule has 0 bridgehead atoms. The number of ether oxygens (including phenoxy) is 3. The molecule has 0 unspecified atom stereocenters. The van der Waals surface area contributed by atoms with Gasteiger partial charge in [-0.2, -0.15) is 0 Å². The van der Waals surface area contributed by atoms with E-state index in [1.54, 1.807) is 42.5 Å². The van der Waals surface area contributed by atoms with Gasteiger partial charge >= 0.3 is 0 Å². The molecule has 2 aromatic carbocycles. The Kier molecular flexibility index (Phi) is 2.47. The van der Waals surface area contributed by atoms with E-state index in [2.05, 4.69) is 0 Å². The molecule has 1 aliphatic carbocycles. The second kappa shape index (κ2) is 4.09. The molecule has 0 fully saturated rings. The van der Waals surface area contributed by atoms with Crippen molar-refractivity contribution in [2.24, 2.45) is 0 Å². The Morgan fingerprint density at radius 2 is 1.86 bits per heavy atom. The normalized spacial score (nSPS) is 27.9. The predicted octanol–water partition coefficient (Wildman–Crippen LogP) is 1.97. The second-order valence-electron chi connectivity index (χ2n) is 5.34. The molecular weight excluding hydrogens is 284 g/mol. The van der Waals surface area contributed by atoms with Crippen LogP contribution in [0.4, 0.5) is 0 Å². The molecule has 2 aromatic rings. The number of carbonyl (C=O) groups excluding carboxylic acids is 1. The van der Waals surface area contributed by atoms with E-state index in [9.17, 15) is 9.90 Å². The van der Waals surface area contributed by atoms with Gasteiger partial charge in [-0.05, 0) is 12.1 Å². The molecule has 1 heterocycles. The van der Waals surface area contributed by atoms with Crippen LogP contribution in [0, 0.1) is 0 Å². The molecule has 0 spiro atoms. The molecule has 0 radical (unpaired) electrons. The van der Waals surface area contributed by atoms with E-state index in [0.717, 1.165) is 0 Å². The minimum absolute atomic E-state index is 0.306. The van der Waals surface area contributed by atoms with Crippen molar-refractivity contribution in [2.45, 2.75) is 11.4 Å². The maximum Gasteiger partial charge on any atom is 0.279 e. The fourth-order valence-electron chi connectivity index (χ4n) is 3.49. The SMILES string of the molecule is COc1cccc2c1[C@@]1(O)C(=O)c3ccccc3[C@@]1(OC)O2. The number of hydrogen-bond acceptors (Lipinski definition) is 5. The third-order valence-electron chi connectivity index (χ3n) is 4.44. The average molecular weight is 298 g/mol. The van der Waals surface area contributed by atoms with Crippen LogP contribution in [0.1, 0.15) is 21.5 Å². The van der Waals surface area contributed by atoms with Crippen molar-refractivity contribution in [1.82, 2.24) is 0 Å². The third-order valence-corrected chi connectivity index (χ3v) is 4.44. The smallest absolute Gasteiger partial charge is 0.279 e. The maximum absolute atomic E-state index is 12.9. The Morgan fingerprint density at radius 1 is 1.09 bits per heavy atom. The van der Waals surface area contributed by atoms with Crippen LogP contribution >= 0.6 is 0 Å². The van der Waals surface area contributed by atoms with Crippen molar-refractivity contribution < 1.29 is 24.1 Å². The molecule has 5 heteroatoms. The first-order valence-corrected chi connectivity index (χ1v) is 6.88. The fourth-order valence-corrected chi connectivity index (χ4v) is 3.49. The summed E-state index contributed by atoms with van der Waals surface area (Å²) < 4.78 is 16.8. The van der Waals surface area contributed by atoms with Crippen LogP contribution in [0.5, 0.6) is 11.5 Å². The number of carbonyl (C=O) groups is 1. The zero-order chi connectivity index (χ0) is 15.5. The molecule has 1 N–H and O–H groups in total. The summed E-state index contributed by atoms with van der Waals surface area (Å²) in [7, 11) is 2.90. The molecule has 0 aromatic heterocycles. The predicted molar refractivity (Wildman–Crippen MR) is 77.0 cm³/mol. The van der Waals surface area contributed by atoms with Crippen molar-refractivity contribution in [3.05, 3.63) is 59.2 Å². The zero-order valence-electron chi connectivity index (χ0n) is 12.1. The van der Waals surface area contributed by atoms with Crippen LogP contribution in [0.3, 0.4) is 0 Å². The third kappa shape index (κ3) is 1.20. The Morgan fingerprint density at radius 3 is 2.59 bits per heavy atom. The monoisotopic (exact) mass is 298 g/mol. The van der Waals surface area contributed by atoms with Gasteiger partial charge in [0.1, 0.15) is 11.5 Å². The van der Waals surface area contributed by atoms with Crippen molar-refractivity contribution in [3.63, 3.8) is 0 Å². The molecule has 2 atom stereocenters. The van der Waals surface area contributed by atoms with Gasteiger partial charge in [-0.1, -0.05) is 30.3 Å². The summed E-state index contributed by atoms with van der Waals surface area (Å²) in [6, 6.07) is 12.0. The van der Waals surface area contributed by atoms with Gasteiger partial charge in [0.15, 0.2) is 0 Å². The highest BCUT2D eigenvalue weighted by atomic mass is 16.7. The first-order chi connectivity index (χ1) is 10.6. The van der Waals surface area contributed by atoms with E-state index < -0.39 is 17.2 Å². The molecule has 0 amide bonds. The van der Waals surface area contributed by atoms with Crippen molar-refractivity contribution >= 4 is 5.78 Å². The molecule has 1 aliphatic heterocycles. The van der Waals surface area contributed by atoms with Crippen LogP contribution < -0.4 is 9.47 Å². The minimum Gasteiger partial charge on any atom is -0.496 e.